The van der Waals surface area contributed by atoms with Gasteiger partial charge in [-0.25, -0.2) is 0 Å². The van der Waals surface area contributed by atoms with Crippen LogP contribution in [-0.2, 0) is 14.3 Å². The van der Waals surface area contributed by atoms with E-state index < -0.39 is 24.0 Å². The van der Waals surface area contributed by atoms with Gasteiger partial charge in [0.2, 0.25) is 0 Å². The summed E-state index contributed by atoms with van der Waals surface area (Å²) >= 11 is 0. The van der Waals surface area contributed by atoms with Crippen molar-refractivity contribution >= 4 is 23.5 Å². The fraction of sp³-hybridized carbons (Fsp3) is 0.167. The summed E-state index contributed by atoms with van der Waals surface area (Å²) in [5.74, 6) is 4.96. The molecule has 0 aliphatic carbocycles. The average Bonchev–Trinajstić information content (AvgIpc) is 3.12. The van der Waals surface area contributed by atoms with E-state index in [0.717, 1.165) is 0 Å². The van der Waals surface area contributed by atoms with Gasteiger partial charge in [-0.1, -0.05) is 78.6 Å². The Bertz CT molecular complexity index is 1770. The number of anilines is 1. The molecule has 1 aliphatic rings. The first-order chi connectivity index (χ1) is 20.9. The molecule has 7 heteroatoms. The Hall–Kier alpha value is -5.66. The summed E-state index contributed by atoms with van der Waals surface area (Å²) in [5, 5.41) is 9.22. The van der Waals surface area contributed by atoms with E-state index in [-0.39, 0.29) is 24.5 Å². The van der Waals surface area contributed by atoms with Gasteiger partial charge in [-0.05, 0) is 54.4 Å². The number of carbonyl (C=O) groups is 3. The summed E-state index contributed by atoms with van der Waals surface area (Å²) in [6, 6.07) is 30.8. The summed E-state index contributed by atoms with van der Waals surface area (Å²) < 4.78 is 5.31. The van der Waals surface area contributed by atoms with Crippen molar-refractivity contribution in [2.75, 3.05) is 18.6 Å². The minimum Gasteiger partial charge on any atom is -0.466 e. The first-order valence-corrected chi connectivity index (χ1v) is 13.9. The Kier molecular flexibility index (Phi) is 8.65. The fourth-order valence-corrected chi connectivity index (χ4v) is 5.26. The predicted molar refractivity (Wildman–Crippen MR) is 163 cm³/mol. The van der Waals surface area contributed by atoms with E-state index in [1.165, 1.54) is 9.80 Å². The van der Waals surface area contributed by atoms with E-state index in [2.05, 4.69) is 17.9 Å². The molecule has 0 N–H and O–H groups in total. The normalized spacial score (nSPS) is 15.0. The Morgan fingerprint density at radius 1 is 0.860 bits per heavy atom. The monoisotopic (exact) mass is 567 g/mol. The Morgan fingerprint density at radius 3 is 2.19 bits per heavy atom. The van der Waals surface area contributed by atoms with Gasteiger partial charge >= 0.3 is 5.97 Å². The minimum absolute atomic E-state index is 0.131. The van der Waals surface area contributed by atoms with E-state index in [0.29, 0.717) is 33.5 Å². The lowest BCUT2D eigenvalue weighted by atomic mass is 9.95. The summed E-state index contributed by atoms with van der Waals surface area (Å²) in [6.07, 6.45) is -0.131. The van der Waals surface area contributed by atoms with Crippen LogP contribution >= 0.6 is 0 Å². The van der Waals surface area contributed by atoms with Gasteiger partial charge in [-0.2, -0.15) is 5.26 Å². The van der Waals surface area contributed by atoms with Crippen LogP contribution in [0.5, 0.6) is 0 Å². The van der Waals surface area contributed by atoms with Gasteiger partial charge < -0.3 is 14.5 Å². The number of amides is 2. The SMILES string of the molecule is CCOC(=O)CC(c1ccccc1)N1C(=O)c2cc(C#Cc3cccc(C#N)c3)ccc2N(C)C(=O)C1c1ccccc1. The van der Waals surface area contributed by atoms with Crippen molar-refractivity contribution in [1.82, 2.24) is 4.90 Å². The smallest absolute Gasteiger partial charge is 0.308 e. The van der Waals surface area contributed by atoms with Crippen LogP contribution in [-0.4, -0.2) is 36.3 Å². The summed E-state index contributed by atoms with van der Waals surface area (Å²) in [4.78, 5) is 44.8. The zero-order valence-electron chi connectivity index (χ0n) is 23.9. The lowest BCUT2D eigenvalue weighted by molar-refractivity contribution is -0.145. The molecule has 0 radical (unpaired) electrons. The molecular formula is C36H29N3O4. The van der Waals surface area contributed by atoms with Crippen molar-refractivity contribution in [3.63, 3.8) is 0 Å². The van der Waals surface area contributed by atoms with Crippen LogP contribution in [0.15, 0.2) is 103 Å². The topological polar surface area (TPSA) is 90.7 Å². The van der Waals surface area contributed by atoms with E-state index in [1.807, 2.05) is 60.7 Å². The molecule has 212 valence electrons. The van der Waals surface area contributed by atoms with Crippen LogP contribution in [0.3, 0.4) is 0 Å². The van der Waals surface area contributed by atoms with Crippen LogP contribution in [0.1, 0.15) is 63.6 Å². The van der Waals surface area contributed by atoms with Gasteiger partial charge in [0, 0.05) is 18.2 Å². The second-order valence-corrected chi connectivity index (χ2v) is 10.0. The maximum atomic E-state index is 14.7. The van der Waals surface area contributed by atoms with Gasteiger partial charge in [-0.15, -0.1) is 0 Å². The molecule has 1 aliphatic heterocycles. The molecule has 2 atom stereocenters. The molecule has 7 nitrogen and oxygen atoms in total. The molecule has 0 spiro atoms. The molecule has 0 bridgehead atoms. The van der Waals surface area contributed by atoms with Crippen molar-refractivity contribution in [3.05, 3.63) is 137 Å². The third-order valence-corrected chi connectivity index (χ3v) is 7.31. The van der Waals surface area contributed by atoms with Crippen LogP contribution in [0.25, 0.3) is 0 Å². The number of fused-ring (bicyclic) bond motifs is 1. The number of hydrogen-bond donors (Lipinski definition) is 0. The van der Waals surface area contributed by atoms with E-state index in [1.54, 1.807) is 56.4 Å². The number of nitriles is 1. The summed E-state index contributed by atoms with van der Waals surface area (Å²) in [7, 11) is 1.65. The molecule has 0 saturated carbocycles. The van der Waals surface area contributed by atoms with E-state index >= 15 is 0 Å². The third kappa shape index (κ3) is 6.17. The Labute approximate surface area is 250 Å². The van der Waals surface area contributed by atoms with Crippen molar-refractivity contribution in [2.45, 2.75) is 25.4 Å². The number of ether oxygens (including phenoxy) is 1. The summed E-state index contributed by atoms with van der Waals surface area (Å²) in [6.45, 7) is 1.92. The standard InChI is InChI=1S/C36H29N3O4/c1-3-43-33(40)23-32(28-13-6-4-7-14-28)39-34(29-15-8-5-9-16-29)36(42)38(2)31-20-19-26(22-30(31)35(39)41)18-17-25-11-10-12-27(21-25)24-37/h4-16,19-22,32,34H,3,23H2,1-2H3. The van der Waals surface area contributed by atoms with Crippen molar-refractivity contribution in [3.8, 4) is 17.9 Å². The van der Waals surface area contributed by atoms with Gasteiger partial charge in [0.15, 0.2) is 0 Å². The Morgan fingerprint density at radius 2 is 1.51 bits per heavy atom. The molecule has 4 aromatic carbocycles. The molecule has 0 saturated heterocycles. The number of likely N-dealkylation sites (N-methyl/N-ethyl adjacent to an activating group) is 1. The first kappa shape index (κ1) is 28.9. The molecule has 2 amide bonds. The lowest BCUT2D eigenvalue weighted by Gasteiger charge is -2.37. The quantitative estimate of drug-likeness (QED) is 0.217. The highest BCUT2D eigenvalue weighted by Gasteiger charge is 2.43. The average molecular weight is 568 g/mol. The highest BCUT2D eigenvalue weighted by molar-refractivity contribution is 6.11. The van der Waals surface area contributed by atoms with Crippen LogP contribution in [0.2, 0.25) is 0 Å². The molecule has 0 aromatic heterocycles. The second-order valence-electron chi connectivity index (χ2n) is 10.0. The van der Waals surface area contributed by atoms with Crippen LogP contribution in [0, 0.1) is 23.2 Å². The van der Waals surface area contributed by atoms with Crippen LogP contribution in [0.4, 0.5) is 5.69 Å². The number of esters is 1. The molecule has 2 unspecified atom stereocenters. The molecule has 5 rings (SSSR count). The lowest BCUT2D eigenvalue weighted by Crippen LogP contribution is -2.44. The molecule has 43 heavy (non-hydrogen) atoms. The Balaban J connectivity index is 1.67. The van der Waals surface area contributed by atoms with Crippen molar-refractivity contribution < 1.29 is 19.1 Å². The minimum atomic E-state index is -1.01. The number of carbonyl (C=O) groups excluding carboxylic acids is 3. The highest BCUT2D eigenvalue weighted by Crippen LogP contribution is 2.40. The van der Waals surface area contributed by atoms with Crippen LogP contribution < -0.4 is 4.90 Å². The number of rotatable bonds is 6. The number of benzene rings is 4. The fourth-order valence-electron chi connectivity index (χ4n) is 5.26. The number of hydrogen-bond acceptors (Lipinski definition) is 5. The third-order valence-electron chi connectivity index (χ3n) is 7.31. The van der Waals surface area contributed by atoms with Gasteiger partial charge in [0.1, 0.15) is 6.04 Å². The molecular weight excluding hydrogens is 538 g/mol. The van der Waals surface area contributed by atoms with E-state index in [9.17, 15) is 19.6 Å². The van der Waals surface area contributed by atoms with E-state index in [4.69, 9.17) is 4.74 Å². The maximum Gasteiger partial charge on any atom is 0.308 e. The van der Waals surface area contributed by atoms with Crippen molar-refractivity contribution in [1.29, 1.82) is 5.26 Å². The maximum absolute atomic E-state index is 14.7. The largest absolute Gasteiger partial charge is 0.466 e. The second kappa shape index (κ2) is 12.9. The van der Waals surface area contributed by atoms with Crippen molar-refractivity contribution in [2.24, 2.45) is 0 Å². The molecule has 4 aromatic rings. The van der Waals surface area contributed by atoms with Gasteiger partial charge in [0.05, 0.1) is 42.0 Å². The summed E-state index contributed by atoms with van der Waals surface area (Å²) in [5.41, 5.74) is 3.79. The molecule has 1 heterocycles. The number of nitrogens with zero attached hydrogens (tertiary/aromatic N) is 3. The van der Waals surface area contributed by atoms with Gasteiger partial charge in [0.25, 0.3) is 11.8 Å². The zero-order valence-corrected chi connectivity index (χ0v) is 23.9. The van der Waals surface area contributed by atoms with Gasteiger partial charge in [-0.3, -0.25) is 14.4 Å². The zero-order chi connectivity index (χ0) is 30.3. The highest BCUT2D eigenvalue weighted by atomic mass is 16.5. The predicted octanol–water partition coefficient (Wildman–Crippen LogP) is 5.81. The molecule has 0 fully saturated rings. The first-order valence-electron chi connectivity index (χ1n) is 13.9.